The third kappa shape index (κ3) is 7.46. The van der Waals surface area contributed by atoms with Crippen molar-refractivity contribution in [1.29, 1.82) is 0 Å². The maximum Gasteiger partial charge on any atom is 0.229 e. The van der Waals surface area contributed by atoms with Crippen LogP contribution in [0, 0.1) is 0 Å². The van der Waals surface area contributed by atoms with Crippen LogP contribution < -0.4 is 20.1 Å². The molecule has 0 unspecified atom stereocenters. The lowest BCUT2D eigenvalue weighted by Gasteiger charge is -2.15. The van der Waals surface area contributed by atoms with Gasteiger partial charge in [-0.25, -0.2) is 15.0 Å². The minimum absolute atomic E-state index is 0.0561. The van der Waals surface area contributed by atoms with Crippen molar-refractivity contribution in [1.82, 2.24) is 19.9 Å². The summed E-state index contributed by atoms with van der Waals surface area (Å²) >= 11 is 3.07. The highest BCUT2D eigenvalue weighted by molar-refractivity contribution is 7.13. The minimum atomic E-state index is -0.0561. The van der Waals surface area contributed by atoms with Crippen LogP contribution in [-0.2, 0) is 11.2 Å². The van der Waals surface area contributed by atoms with Gasteiger partial charge in [0.15, 0.2) is 11.5 Å². The molecule has 0 fully saturated rings. The fourth-order valence-electron chi connectivity index (χ4n) is 4.03. The number of carbonyl (C=O) groups excluding carboxylic acids is 1. The molecule has 2 N–H and O–H groups in total. The van der Waals surface area contributed by atoms with Crippen LogP contribution in [0.25, 0.3) is 21.8 Å². The summed E-state index contributed by atoms with van der Waals surface area (Å²) in [6.07, 6.45) is 2.06. The van der Waals surface area contributed by atoms with E-state index in [1.165, 1.54) is 11.3 Å². The molecule has 0 saturated carbocycles. The van der Waals surface area contributed by atoms with Gasteiger partial charge in [0.1, 0.15) is 6.61 Å². The maximum absolute atomic E-state index is 12.5. The zero-order valence-electron chi connectivity index (χ0n) is 23.0. The number of thiazole rings is 1. The van der Waals surface area contributed by atoms with Crippen LogP contribution in [0.1, 0.15) is 4.88 Å². The number of thiophene rings is 1. The van der Waals surface area contributed by atoms with Gasteiger partial charge >= 0.3 is 0 Å². The van der Waals surface area contributed by atoms with E-state index in [1.54, 1.807) is 30.2 Å². The van der Waals surface area contributed by atoms with E-state index >= 15 is 0 Å². The van der Waals surface area contributed by atoms with Crippen molar-refractivity contribution in [2.75, 3.05) is 45.0 Å². The minimum Gasteiger partial charge on any atom is -0.493 e. The van der Waals surface area contributed by atoms with Crippen LogP contribution >= 0.6 is 22.7 Å². The van der Waals surface area contributed by atoms with E-state index in [4.69, 9.17) is 14.5 Å². The second-order valence-corrected chi connectivity index (χ2v) is 11.2. The van der Waals surface area contributed by atoms with Gasteiger partial charge in [0.05, 0.1) is 35.3 Å². The Kier molecular flexibility index (Phi) is 9.19. The van der Waals surface area contributed by atoms with Gasteiger partial charge in [-0.3, -0.25) is 4.79 Å². The van der Waals surface area contributed by atoms with Crippen molar-refractivity contribution in [3.63, 3.8) is 0 Å². The number of hydrogen-bond donors (Lipinski definition) is 2. The normalized spacial score (nSPS) is 10.9. The topological polar surface area (TPSA) is 102 Å². The molecule has 41 heavy (non-hydrogen) atoms. The van der Waals surface area contributed by atoms with E-state index in [9.17, 15) is 4.79 Å². The predicted molar refractivity (Wildman–Crippen MR) is 166 cm³/mol. The van der Waals surface area contributed by atoms with Gasteiger partial charge in [0, 0.05) is 40.6 Å². The number of anilines is 3. The van der Waals surface area contributed by atoms with Gasteiger partial charge in [0.2, 0.25) is 11.9 Å². The molecular formula is C30H30N6O3S2. The van der Waals surface area contributed by atoms with Gasteiger partial charge in [-0.05, 0) is 55.9 Å². The van der Waals surface area contributed by atoms with Gasteiger partial charge in [-0.15, -0.1) is 22.7 Å². The zero-order valence-corrected chi connectivity index (χ0v) is 24.6. The molecule has 0 bridgehead atoms. The molecule has 0 aliphatic rings. The molecule has 210 valence electrons. The number of rotatable bonds is 12. The Balaban J connectivity index is 1.33. The summed E-state index contributed by atoms with van der Waals surface area (Å²) in [6, 6.07) is 19.1. The molecule has 0 radical (unpaired) electrons. The molecule has 0 spiro atoms. The monoisotopic (exact) mass is 586 g/mol. The molecule has 3 aromatic heterocycles. The van der Waals surface area contributed by atoms with Crippen LogP contribution in [0.4, 0.5) is 17.3 Å². The molecule has 0 atom stereocenters. The predicted octanol–water partition coefficient (Wildman–Crippen LogP) is 6.20. The molecule has 0 aliphatic carbocycles. The summed E-state index contributed by atoms with van der Waals surface area (Å²) in [4.78, 5) is 30.3. The molecule has 3 heterocycles. The molecule has 11 heteroatoms. The number of ether oxygens (including phenoxy) is 2. The Hall–Kier alpha value is -4.32. The second kappa shape index (κ2) is 13.4. The Bertz CT molecular complexity index is 1600. The quantitative estimate of drug-likeness (QED) is 0.178. The summed E-state index contributed by atoms with van der Waals surface area (Å²) in [7, 11) is 5.62. The first-order valence-corrected chi connectivity index (χ1v) is 14.7. The average molecular weight is 587 g/mol. The van der Waals surface area contributed by atoms with Crippen molar-refractivity contribution in [2.45, 2.75) is 6.42 Å². The van der Waals surface area contributed by atoms with E-state index in [0.29, 0.717) is 30.5 Å². The number of hydrogen-bond acceptors (Lipinski definition) is 10. The molecule has 5 rings (SSSR count). The van der Waals surface area contributed by atoms with E-state index in [-0.39, 0.29) is 5.91 Å². The number of benzene rings is 2. The smallest absolute Gasteiger partial charge is 0.229 e. The maximum atomic E-state index is 12.5. The Morgan fingerprint density at radius 1 is 0.976 bits per heavy atom. The highest BCUT2D eigenvalue weighted by Crippen LogP contribution is 2.35. The lowest BCUT2D eigenvalue weighted by molar-refractivity contribution is -0.115. The van der Waals surface area contributed by atoms with Crippen LogP contribution in [0.3, 0.4) is 0 Å². The fourth-order valence-corrected chi connectivity index (χ4v) is 5.52. The van der Waals surface area contributed by atoms with Crippen molar-refractivity contribution in [2.24, 2.45) is 0 Å². The van der Waals surface area contributed by atoms with Crippen LogP contribution in [0.5, 0.6) is 11.5 Å². The molecular weight excluding hydrogens is 557 g/mol. The lowest BCUT2D eigenvalue weighted by atomic mass is 10.1. The average Bonchev–Trinajstić information content (AvgIpc) is 3.66. The van der Waals surface area contributed by atoms with Crippen molar-refractivity contribution in [3.8, 4) is 33.3 Å². The number of likely N-dealkylation sites (N-methyl/N-ethyl adjacent to an activating group) is 1. The van der Waals surface area contributed by atoms with E-state index in [2.05, 4.69) is 25.5 Å². The molecule has 0 saturated heterocycles. The van der Waals surface area contributed by atoms with Crippen LogP contribution in [-0.4, -0.2) is 60.1 Å². The number of carbonyl (C=O) groups is 1. The number of nitrogens with one attached hydrogen (secondary N) is 2. The van der Waals surface area contributed by atoms with E-state index < -0.39 is 0 Å². The largest absolute Gasteiger partial charge is 0.493 e. The number of amides is 1. The molecule has 5 aromatic rings. The van der Waals surface area contributed by atoms with Gasteiger partial charge in [0.25, 0.3) is 0 Å². The SMILES string of the molecule is COc1ccc(Nc2nccc(-c3scnc3-c3cccc(NC(=O)Cc4cccs4)c3)n2)cc1OCCN(C)C. The Labute approximate surface area is 246 Å². The van der Waals surface area contributed by atoms with Crippen molar-refractivity contribution >= 4 is 45.9 Å². The Morgan fingerprint density at radius 2 is 1.88 bits per heavy atom. The Morgan fingerprint density at radius 3 is 2.68 bits per heavy atom. The highest BCUT2D eigenvalue weighted by atomic mass is 32.1. The summed E-state index contributed by atoms with van der Waals surface area (Å²) in [5.74, 6) is 1.69. The molecule has 0 aliphatic heterocycles. The van der Waals surface area contributed by atoms with E-state index in [1.807, 2.05) is 80.1 Å². The number of aromatic nitrogens is 3. The van der Waals surface area contributed by atoms with Crippen molar-refractivity contribution < 1.29 is 14.3 Å². The fraction of sp³-hybridized carbons (Fsp3) is 0.200. The highest BCUT2D eigenvalue weighted by Gasteiger charge is 2.15. The summed E-state index contributed by atoms with van der Waals surface area (Å²) in [6.45, 7) is 1.32. The van der Waals surface area contributed by atoms with Gasteiger partial charge in [-0.2, -0.15) is 0 Å². The third-order valence-corrected chi connectivity index (χ3v) is 7.73. The lowest BCUT2D eigenvalue weighted by Crippen LogP contribution is -2.19. The zero-order chi connectivity index (χ0) is 28.6. The molecule has 9 nitrogen and oxygen atoms in total. The summed E-state index contributed by atoms with van der Waals surface area (Å²) < 4.78 is 11.4. The molecule has 1 amide bonds. The van der Waals surface area contributed by atoms with Crippen LogP contribution in [0.2, 0.25) is 0 Å². The third-order valence-electron chi connectivity index (χ3n) is 6.01. The van der Waals surface area contributed by atoms with Gasteiger partial charge in [-0.1, -0.05) is 18.2 Å². The summed E-state index contributed by atoms with van der Waals surface area (Å²) in [5, 5.41) is 8.24. The number of nitrogens with zero attached hydrogens (tertiary/aromatic N) is 4. The first-order valence-electron chi connectivity index (χ1n) is 12.9. The summed E-state index contributed by atoms with van der Waals surface area (Å²) in [5.41, 5.74) is 5.70. The first kappa shape index (κ1) is 28.2. The van der Waals surface area contributed by atoms with Crippen molar-refractivity contribution in [3.05, 3.63) is 82.6 Å². The first-order chi connectivity index (χ1) is 20.0. The second-order valence-electron chi connectivity index (χ2n) is 9.32. The molecule has 2 aromatic carbocycles. The van der Waals surface area contributed by atoms with Gasteiger partial charge < -0.3 is 25.0 Å². The van der Waals surface area contributed by atoms with Crippen LogP contribution in [0.15, 0.2) is 77.8 Å². The standard InChI is InChI=1S/C30H30N6O3S2/c1-36(2)13-14-39-26-17-22(9-10-25(26)38-3)34-30-31-12-11-24(35-30)29-28(32-19-41-29)20-6-4-7-21(16-20)33-27(37)18-23-8-5-15-40-23/h4-12,15-17,19H,13-14,18H2,1-3H3,(H,33,37)(H,31,34,35). The number of methoxy groups -OCH3 is 1. The van der Waals surface area contributed by atoms with E-state index in [0.717, 1.165) is 44.6 Å².